The van der Waals surface area contributed by atoms with E-state index in [4.69, 9.17) is 9.47 Å². The van der Waals surface area contributed by atoms with Gasteiger partial charge < -0.3 is 9.47 Å². The Balaban J connectivity index is 1.27. The summed E-state index contributed by atoms with van der Waals surface area (Å²) in [4.78, 5) is 16.4. The van der Waals surface area contributed by atoms with Crippen LogP contribution in [0.5, 0.6) is 11.5 Å². The summed E-state index contributed by atoms with van der Waals surface area (Å²) in [7, 11) is 0. The van der Waals surface area contributed by atoms with E-state index in [1.165, 1.54) is 45.2 Å². The van der Waals surface area contributed by atoms with Crippen LogP contribution in [-0.2, 0) is 0 Å². The molecule has 1 heterocycles. The Morgan fingerprint density at radius 2 is 1.56 bits per heavy atom. The molecule has 0 bridgehead atoms. The number of carbonyl (C=O) groups is 1. The van der Waals surface area contributed by atoms with Crippen LogP contribution in [0.3, 0.4) is 0 Å². The molecular weight excluding hydrogens is 482 g/mol. The second-order valence-corrected chi connectivity index (χ2v) is 10.9. The summed E-state index contributed by atoms with van der Waals surface area (Å²) < 4.78 is 12.3. The van der Waals surface area contributed by atoms with Gasteiger partial charge in [0.25, 0.3) is 0 Å². The molecule has 1 saturated carbocycles. The van der Waals surface area contributed by atoms with Crippen molar-refractivity contribution in [2.45, 2.75) is 51.0 Å². The maximum Gasteiger partial charge on any atom is 0.193 e. The van der Waals surface area contributed by atoms with Gasteiger partial charge in [0.15, 0.2) is 5.78 Å². The highest BCUT2D eigenvalue weighted by atomic mass is 16.5. The molecule has 1 aliphatic heterocycles. The van der Waals surface area contributed by atoms with Crippen LogP contribution in [0.4, 0.5) is 0 Å². The summed E-state index contributed by atoms with van der Waals surface area (Å²) in [5.74, 6) is 1.65. The Bertz CT molecular complexity index is 1420. The normalized spacial score (nSPS) is 16.4. The quantitative estimate of drug-likeness (QED) is 0.211. The Hall–Kier alpha value is -3.63. The molecule has 0 aromatic heterocycles. The zero-order valence-electron chi connectivity index (χ0n) is 22.6. The molecule has 6 rings (SSSR count). The molecule has 1 aliphatic carbocycles. The molecule has 2 fully saturated rings. The standard InChI is InChI=1S/C35H37NO3/c37-35(28-10-8-13-31(25-28)39-30-11-2-1-3-12-30)33-20-17-26-9-4-5-14-32(26)34(33)27-15-18-29(19-16-27)38-24-23-36-21-6-7-22-36/h4-5,8-10,13-20,25,30H,1-3,6-7,11-12,21-24H2. The minimum atomic E-state index is 0.00999. The summed E-state index contributed by atoms with van der Waals surface area (Å²) in [5, 5.41) is 2.19. The van der Waals surface area contributed by atoms with Crippen molar-refractivity contribution in [2.75, 3.05) is 26.2 Å². The van der Waals surface area contributed by atoms with Gasteiger partial charge in [0.05, 0.1) is 6.10 Å². The lowest BCUT2D eigenvalue weighted by molar-refractivity contribution is 0.103. The van der Waals surface area contributed by atoms with E-state index in [-0.39, 0.29) is 11.9 Å². The lowest BCUT2D eigenvalue weighted by Gasteiger charge is -2.23. The number of ketones is 1. The van der Waals surface area contributed by atoms with Gasteiger partial charge in [0.2, 0.25) is 0 Å². The lowest BCUT2D eigenvalue weighted by Crippen LogP contribution is -2.25. The van der Waals surface area contributed by atoms with Gasteiger partial charge in [-0.15, -0.1) is 0 Å². The van der Waals surface area contributed by atoms with Crippen LogP contribution in [-0.4, -0.2) is 43.0 Å². The van der Waals surface area contributed by atoms with Crippen molar-refractivity contribution in [1.82, 2.24) is 4.90 Å². The first kappa shape index (κ1) is 25.6. The van der Waals surface area contributed by atoms with Crippen molar-refractivity contribution in [3.63, 3.8) is 0 Å². The summed E-state index contributed by atoms with van der Waals surface area (Å²) in [6, 6.07) is 28.2. The van der Waals surface area contributed by atoms with Crippen molar-refractivity contribution in [3.8, 4) is 22.6 Å². The van der Waals surface area contributed by atoms with Gasteiger partial charge in [0.1, 0.15) is 18.1 Å². The van der Waals surface area contributed by atoms with Gasteiger partial charge in [-0.2, -0.15) is 0 Å². The predicted molar refractivity (Wildman–Crippen MR) is 158 cm³/mol. The fourth-order valence-corrected chi connectivity index (χ4v) is 6.03. The van der Waals surface area contributed by atoms with Crippen LogP contribution in [0.25, 0.3) is 21.9 Å². The highest BCUT2D eigenvalue weighted by Crippen LogP contribution is 2.35. The number of ether oxygens (including phenoxy) is 2. The Morgan fingerprint density at radius 3 is 2.38 bits per heavy atom. The minimum Gasteiger partial charge on any atom is -0.492 e. The van der Waals surface area contributed by atoms with E-state index in [0.717, 1.165) is 52.8 Å². The highest BCUT2D eigenvalue weighted by molar-refractivity contribution is 6.17. The number of nitrogens with zero attached hydrogens (tertiary/aromatic N) is 1. The van der Waals surface area contributed by atoms with E-state index in [0.29, 0.717) is 17.7 Å². The topological polar surface area (TPSA) is 38.8 Å². The fourth-order valence-electron chi connectivity index (χ4n) is 6.03. The minimum absolute atomic E-state index is 0.00999. The van der Waals surface area contributed by atoms with Crippen molar-refractivity contribution < 1.29 is 14.3 Å². The molecule has 0 amide bonds. The van der Waals surface area contributed by atoms with Gasteiger partial charge in [-0.05, 0) is 98.3 Å². The van der Waals surface area contributed by atoms with Crippen molar-refractivity contribution in [1.29, 1.82) is 0 Å². The maximum absolute atomic E-state index is 14.0. The number of carbonyl (C=O) groups excluding carboxylic acids is 1. The first-order valence-electron chi connectivity index (χ1n) is 14.5. The molecule has 4 aromatic rings. The second-order valence-electron chi connectivity index (χ2n) is 10.9. The van der Waals surface area contributed by atoms with E-state index < -0.39 is 0 Å². The number of hydrogen-bond acceptors (Lipinski definition) is 4. The van der Waals surface area contributed by atoms with E-state index >= 15 is 0 Å². The van der Waals surface area contributed by atoms with Gasteiger partial charge in [-0.25, -0.2) is 0 Å². The molecule has 0 N–H and O–H groups in total. The van der Waals surface area contributed by atoms with Crippen molar-refractivity contribution in [2.24, 2.45) is 0 Å². The van der Waals surface area contributed by atoms with E-state index in [2.05, 4.69) is 29.2 Å². The average Bonchev–Trinajstić information content (AvgIpc) is 3.51. The lowest BCUT2D eigenvalue weighted by atomic mass is 9.89. The monoisotopic (exact) mass is 519 g/mol. The number of fused-ring (bicyclic) bond motifs is 1. The van der Waals surface area contributed by atoms with E-state index in [1.807, 2.05) is 60.7 Å². The van der Waals surface area contributed by atoms with Gasteiger partial charge in [-0.3, -0.25) is 9.69 Å². The Labute approximate surface area is 231 Å². The summed E-state index contributed by atoms with van der Waals surface area (Å²) >= 11 is 0. The smallest absolute Gasteiger partial charge is 0.193 e. The summed E-state index contributed by atoms with van der Waals surface area (Å²) in [6.07, 6.45) is 8.72. The van der Waals surface area contributed by atoms with Crippen LogP contribution in [0.1, 0.15) is 60.9 Å². The predicted octanol–water partition coefficient (Wildman–Crippen LogP) is 7.92. The molecule has 0 radical (unpaired) electrons. The molecule has 1 saturated heterocycles. The zero-order chi connectivity index (χ0) is 26.4. The molecule has 200 valence electrons. The van der Waals surface area contributed by atoms with E-state index in [1.54, 1.807) is 0 Å². The van der Waals surface area contributed by atoms with Crippen LogP contribution in [0.15, 0.2) is 84.9 Å². The zero-order valence-corrected chi connectivity index (χ0v) is 22.6. The van der Waals surface area contributed by atoms with Gasteiger partial charge >= 0.3 is 0 Å². The molecule has 4 aromatic carbocycles. The third-order valence-corrected chi connectivity index (χ3v) is 8.14. The summed E-state index contributed by atoms with van der Waals surface area (Å²) in [6.45, 7) is 4.01. The first-order valence-corrected chi connectivity index (χ1v) is 14.5. The third kappa shape index (κ3) is 6.02. The molecule has 0 unspecified atom stereocenters. The van der Waals surface area contributed by atoms with E-state index in [9.17, 15) is 4.79 Å². The number of rotatable bonds is 9. The van der Waals surface area contributed by atoms with Crippen LogP contribution >= 0.6 is 0 Å². The van der Waals surface area contributed by atoms with Crippen molar-refractivity contribution in [3.05, 3.63) is 96.1 Å². The molecule has 0 atom stereocenters. The largest absolute Gasteiger partial charge is 0.492 e. The molecular formula is C35H37NO3. The molecule has 4 nitrogen and oxygen atoms in total. The Kier molecular flexibility index (Phi) is 7.92. The van der Waals surface area contributed by atoms with Crippen molar-refractivity contribution >= 4 is 16.6 Å². The van der Waals surface area contributed by atoms with Crippen LogP contribution in [0.2, 0.25) is 0 Å². The Morgan fingerprint density at radius 1 is 0.769 bits per heavy atom. The SMILES string of the molecule is O=C(c1cccc(OC2CCCCC2)c1)c1ccc2ccccc2c1-c1ccc(OCCN2CCCC2)cc1. The van der Waals surface area contributed by atoms with Crippen LogP contribution in [0, 0.1) is 0 Å². The second kappa shape index (κ2) is 12.0. The van der Waals surface area contributed by atoms with Crippen LogP contribution < -0.4 is 9.47 Å². The summed E-state index contributed by atoms with van der Waals surface area (Å²) in [5.41, 5.74) is 3.32. The number of likely N-dealkylation sites (tertiary alicyclic amines) is 1. The fraction of sp³-hybridized carbons (Fsp3) is 0.343. The first-order chi connectivity index (χ1) is 19.2. The van der Waals surface area contributed by atoms with Gasteiger partial charge in [0, 0.05) is 23.2 Å². The van der Waals surface area contributed by atoms with Gasteiger partial charge in [-0.1, -0.05) is 61.0 Å². The molecule has 0 spiro atoms. The number of benzene rings is 4. The molecule has 4 heteroatoms. The molecule has 39 heavy (non-hydrogen) atoms. The number of hydrogen-bond donors (Lipinski definition) is 0. The maximum atomic E-state index is 14.0. The highest BCUT2D eigenvalue weighted by Gasteiger charge is 2.20. The average molecular weight is 520 g/mol. The molecule has 2 aliphatic rings. The third-order valence-electron chi connectivity index (χ3n) is 8.14.